The Hall–Kier alpha value is -1.97. The molecule has 0 fully saturated rings. The lowest BCUT2D eigenvalue weighted by Gasteiger charge is -2.09. The van der Waals surface area contributed by atoms with Gasteiger partial charge in [-0.15, -0.1) is 0 Å². The molecule has 0 unspecified atom stereocenters. The summed E-state index contributed by atoms with van der Waals surface area (Å²) in [5.74, 6) is -0.264. The summed E-state index contributed by atoms with van der Waals surface area (Å²) in [5, 5.41) is 14.3. The van der Waals surface area contributed by atoms with Gasteiger partial charge in [-0.25, -0.2) is 4.63 Å². The molecule has 3 rings (SSSR count). The molecule has 1 aromatic heterocycles. The van der Waals surface area contributed by atoms with E-state index in [1.54, 1.807) is 0 Å². The van der Waals surface area contributed by atoms with Crippen molar-refractivity contribution >= 4 is 39.9 Å². The van der Waals surface area contributed by atoms with Gasteiger partial charge in [0.2, 0.25) is 0 Å². The number of oxime groups is 1. The fraction of sp³-hybridized carbons (Fsp3) is 0.286. The van der Waals surface area contributed by atoms with Crippen molar-refractivity contribution in [3.8, 4) is 0 Å². The van der Waals surface area contributed by atoms with Crippen molar-refractivity contribution < 1.29 is 14.3 Å². The maximum Gasteiger partial charge on any atom is 0.265 e. The van der Waals surface area contributed by atoms with Crippen LogP contribution in [0.5, 0.6) is 0 Å². The number of halogens is 1. The minimum atomic E-state index is -0.264. The first kappa shape index (κ1) is 14.9. The third-order valence-electron chi connectivity index (χ3n) is 3.16. The molecular weight excluding hydrogens is 399 g/mol. The van der Waals surface area contributed by atoms with Crippen LogP contribution >= 0.6 is 22.6 Å². The Morgan fingerprint density at radius 1 is 1.32 bits per heavy atom. The quantitative estimate of drug-likeness (QED) is 0.615. The van der Waals surface area contributed by atoms with Crippen LogP contribution in [0.15, 0.2) is 34.1 Å². The highest BCUT2D eigenvalue weighted by molar-refractivity contribution is 14.1. The standard InChI is InChI=1S/C14H13IN4O3/c15-9-4-6-10(7-5-9)16-13(20)8-21-17-11-2-1-3-12-14(11)19-22-18-12/h4-7H,1-3,8H2,(H,16,20)/b17-11-. The second-order valence-corrected chi connectivity index (χ2v) is 6.03. The molecule has 1 N–H and O–H groups in total. The lowest BCUT2D eigenvalue weighted by atomic mass is 9.99. The second-order valence-electron chi connectivity index (χ2n) is 4.78. The van der Waals surface area contributed by atoms with Crippen LogP contribution in [0.4, 0.5) is 5.69 Å². The molecule has 0 spiro atoms. The first-order chi connectivity index (χ1) is 10.7. The number of carbonyl (C=O) groups excluding carboxylic acids is 1. The molecule has 0 saturated carbocycles. The van der Waals surface area contributed by atoms with Crippen LogP contribution in [-0.2, 0) is 16.1 Å². The summed E-state index contributed by atoms with van der Waals surface area (Å²) in [7, 11) is 0. The molecule has 1 aromatic carbocycles. The van der Waals surface area contributed by atoms with Gasteiger partial charge in [0.05, 0.1) is 0 Å². The van der Waals surface area contributed by atoms with Gasteiger partial charge < -0.3 is 10.2 Å². The SMILES string of the molecule is O=C(CO/N=C1/CCCc2nonc21)Nc1ccc(I)cc1. The van der Waals surface area contributed by atoms with Gasteiger partial charge in [-0.1, -0.05) is 10.3 Å². The highest BCUT2D eigenvalue weighted by Crippen LogP contribution is 2.18. The molecule has 0 saturated heterocycles. The number of nitrogens with zero attached hydrogens (tertiary/aromatic N) is 3. The summed E-state index contributed by atoms with van der Waals surface area (Å²) in [4.78, 5) is 16.9. The van der Waals surface area contributed by atoms with Crippen LogP contribution < -0.4 is 5.32 Å². The predicted molar refractivity (Wildman–Crippen MR) is 87.5 cm³/mol. The number of anilines is 1. The molecule has 8 heteroatoms. The van der Waals surface area contributed by atoms with E-state index in [0.29, 0.717) is 11.4 Å². The lowest BCUT2D eigenvalue weighted by molar-refractivity contribution is -0.120. The van der Waals surface area contributed by atoms with Crippen LogP contribution in [0.25, 0.3) is 0 Å². The fourth-order valence-corrected chi connectivity index (χ4v) is 2.48. The Kier molecular flexibility index (Phi) is 4.66. The Bertz CT molecular complexity index is 696. The zero-order valence-corrected chi connectivity index (χ0v) is 13.7. The molecule has 0 atom stereocenters. The van der Waals surface area contributed by atoms with Crippen LogP contribution in [0.3, 0.4) is 0 Å². The van der Waals surface area contributed by atoms with Crippen molar-refractivity contribution in [1.82, 2.24) is 10.3 Å². The zero-order valence-electron chi connectivity index (χ0n) is 11.6. The summed E-state index contributed by atoms with van der Waals surface area (Å²) in [6, 6.07) is 7.50. The van der Waals surface area contributed by atoms with E-state index in [9.17, 15) is 4.79 Å². The Labute approximate surface area is 140 Å². The normalized spacial score (nSPS) is 15.4. The van der Waals surface area contributed by atoms with Gasteiger partial charge in [0.15, 0.2) is 12.3 Å². The molecule has 1 aliphatic carbocycles. The first-order valence-corrected chi connectivity index (χ1v) is 7.86. The van der Waals surface area contributed by atoms with Gasteiger partial charge in [0, 0.05) is 9.26 Å². The van der Waals surface area contributed by atoms with Crippen LogP contribution in [-0.4, -0.2) is 28.5 Å². The van der Waals surface area contributed by atoms with E-state index >= 15 is 0 Å². The van der Waals surface area contributed by atoms with Crippen molar-refractivity contribution in [2.75, 3.05) is 11.9 Å². The number of hydrogen-bond donors (Lipinski definition) is 1. The molecule has 0 aliphatic heterocycles. The molecular formula is C14H13IN4O3. The number of amides is 1. The number of hydrogen-bond acceptors (Lipinski definition) is 6. The Morgan fingerprint density at radius 2 is 2.14 bits per heavy atom. The number of benzene rings is 1. The van der Waals surface area contributed by atoms with Crippen molar-refractivity contribution in [2.45, 2.75) is 19.3 Å². The number of aryl methyl sites for hydroxylation is 1. The minimum Gasteiger partial charge on any atom is -0.385 e. The minimum absolute atomic E-state index is 0.157. The Balaban J connectivity index is 1.54. The molecule has 1 amide bonds. The number of carbonyl (C=O) groups is 1. The van der Waals surface area contributed by atoms with Crippen LogP contribution in [0, 0.1) is 3.57 Å². The maximum absolute atomic E-state index is 11.8. The molecule has 7 nitrogen and oxygen atoms in total. The van der Waals surface area contributed by atoms with E-state index in [-0.39, 0.29) is 12.5 Å². The van der Waals surface area contributed by atoms with Gasteiger partial charge in [0.25, 0.3) is 5.91 Å². The third kappa shape index (κ3) is 3.62. The Morgan fingerprint density at radius 3 is 2.95 bits per heavy atom. The molecule has 22 heavy (non-hydrogen) atoms. The van der Waals surface area contributed by atoms with E-state index in [0.717, 1.165) is 34.2 Å². The van der Waals surface area contributed by atoms with Gasteiger partial charge in [-0.05, 0) is 71.3 Å². The molecule has 1 heterocycles. The van der Waals surface area contributed by atoms with Crippen molar-refractivity contribution in [3.05, 3.63) is 39.2 Å². The average molecular weight is 412 g/mol. The molecule has 0 bridgehead atoms. The van der Waals surface area contributed by atoms with Crippen LogP contribution in [0.2, 0.25) is 0 Å². The van der Waals surface area contributed by atoms with Gasteiger partial charge in [-0.2, -0.15) is 0 Å². The topological polar surface area (TPSA) is 89.6 Å². The van der Waals surface area contributed by atoms with E-state index in [1.807, 2.05) is 24.3 Å². The molecule has 0 radical (unpaired) electrons. The number of rotatable bonds is 4. The summed E-state index contributed by atoms with van der Waals surface area (Å²) in [6.07, 6.45) is 2.48. The fourth-order valence-electron chi connectivity index (χ4n) is 2.12. The van der Waals surface area contributed by atoms with Gasteiger partial charge in [-0.3, -0.25) is 4.79 Å². The number of nitrogens with one attached hydrogen (secondary N) is 1. The third-order valence-corrected chi connectivity index (χ3v) is 3.87. The molecule has 1 aliphatic rings. The van der Waals surface area contributed by atoms with E-state index < -0.39 is 0 Å². The second kappa shape index (κ2) is 6.86. The summed E-state index contributed by atoms with van der Waals surface area (Å²) in [5.41, 5.74) is 2.81. The number of aromatic nitrogens is 2. The average Bonchev–Trinajstić information content (AvgIpc) is 2.99. The summed E-state index contributed by atoms with van der Waals surface area (Å²) >= 11 is 2.20. The van der Waals surface area contributed by atoms with E-state index in [2.05, 4.69) is 43.4 Å². The highest BCUT2D eigenvalue weighted by Gasteiger charge is 2.21. The van der Waals surface area contributed by atoms with Crippen molar-refractivity contribution in [1.29, 1.82) is 0 Å². The predicted octanol–water partition coefficient (Wildman–Crippen LogP) is 2.37. The zero-order chi connectivity index (χ0) is 15.4. The van der Waals surface area contributed by atoms with Crippen molar-refractivity contribution in [3.63, 3.8) is 0 Å². The lowest BCUT2D eigenvalue weighted by Crippen LogP contribution is -2.18. The first-order valence-electron chi connectivity index (χ1n) is 6.78. The van der Waals surface area contributed by atoms with Gasteiger partial charge in [0.1, 0.15) is 11.4 Å². The van der Waals surface area contributed by atoms with Crippen molar-refractivity contribution in [2.24, 2.45) is 5.16 Å². The summed E-state index contributed by atoms with van der Waals surface area (Å²) in [6.45, 7) is -0.157. The van der Waals surface area contributed by atoms with E-state index in [4.69, 9.17) is 9.47 Å². The number of fused-ring (bicyclic) bond motifs is 1. The highest BCUT2D eigenvalue weighted by atomic mass is 127. The van der Waals surface area contributed by atoms with Crippen LogP contribution in [0.1, 0.15) is 24.2 Å². The van der Waals surface area contributed by atoms with Gasteiger partial charge >= 0.3 is 0 Å². The van der Waals surface area contributed by atoms with E-state index in [1.165, 1.54) is 0 Å². The maximum atomic E-state index is 11.8. The monoisotopic (exact) mass is 412 g/mol. The largest absolute Gasteiger partial charge is 0.385 e. The summed E-state index contributed by atoms with van der Waals surface area (Å²) < 4.78 is 5.80. The smallest absolute Gasteiger partial charge is 0.265 e. The molecule has 114 valence electrons. The molecule has 2 aromatic rings.